The first-order chi connectivity index (χ1) is 5.72. The molecule has 0 aromatic heterocycles. The number of carboxylic acid groups (broad SMARTS) is 2. The summed E-state index contributed by atoms with van der Waals surface area (Å²) in [4.78, 5) is 20.1. The van der Waals surface area contributed by atoms with Gasteiger partial charge in [0, 0.05) is 0 Å². The number of thiol groups is 1. The zero-order valence-corrected chi connectivity index (χ0v) is 8.34. The summed E-state index contributed by atoms with van der Waals surface area (Å²) in [5.74, 6) is -2.35. The quantitative estimate of drug-likeness (QED) is 0.381. The molecule has 0 unspecified atom stereocenters. The molecule has 13 heavy (non-hydrogen) atoms. The third-order valence-corrected chi connectivity index (χ3v) is 1.33. The van der Waals surface area contributed by atoms with Crippen molar-refractivity contribution in [2.24, 2.45) is 0 Å². The van der Waals surface area contributed by atoms with E-state index in [9.17, 15) is 9.59 Å². The Hall–Kier alpha value is -0.750. The number of carbonyl (C=O) groups is 2. The standard InChI is InChI=1S/C7H13NO4S/c1-7(2,13)8-4(6(11)12)3-5(9)10/h4,8,13H,3H2,1-2H3,(H,9,10)(H,11,12)/t4-/m0/s1. The number of carboxylic acids is 2. The fraction of sp³-hybridized carbons (Fsp3) is 0.714. The monoisotopic (exact) mass is 207 g/mol. The highest BCUT2D eigenvalue weighted by atomic mass is 32.1. The van der Waals surface area contributed by atoms with Crippen LogP contribution in [0.3, 0.4) is 0 Å². The Kier molecular flexibility index (Phi) is 4.22. The molecule has 0 aliphatic heterocycles. The van der Waals surface area contributed by atoms with E-state index in [1.165, 1.54) is 0 Å². The van der Waals surface area contributed by atoms with Crippen molar-refractivity contribution in [1.29, 1.82) is 0 Å². The molecule has 0 aromatic carbocycles. The van der Waals surface area contributed by atoms with Gasteiger partial charge in [-0.3, -0.25) is 14.9 Å². The first-order valence-corrected chi connectivity index (χ1v) is 4.12. The van der Waals surface area contributed by atoms with Crippen LogP contribution in [0.15, 0.2) is 0 Å². The topological polar surface area (TPSA) is 86.6 Å². The Bertz CT molecular complexity index is 211. The predicted octanol–water partition coefficient (Wildman–Crippen LogP) is 0.170. The van der Waals surface area contributed by atoms with Crippen LogP contribution in [0.2, 0.25) is 0 Å². The lowest BCUT2D eigenvalue weighted by atomic mass is 10.2. The molecule has 6 heteroatoms. The van der Waals surface area contributed by atoms with Gasteiger partial charge >= 0.3 is 11.9 Å². The average Bonchev–Trinajstić information content (AvgIpc) is 1.81. The van der Waals surface area contributed by atoms with Gasteiger partial charge in [0.2, 0.25) is 0 Å². The van der Waals surface area contributed by atoms with Gasteiger partial charge in [-0.15, -0.1) is 0 Å². The molecule has 0 bridgehead atoms. The highest BCUT2D eigenvalue weighted by molar-refractivity contribution is 7.81. The minimum atomic E-state index is -1.19. The molecular weight excluding hydrogens is 194 g/mol. The van der Waals surface area contributed by atoms with Crippen LogP contribution in [0.25, 0.3) is 0 Å². The van der Waals surface area contributed by atoms with Crippen LogP contribution >= 0.6 is 12.6 Å². The maximum atomic E-state index is 10.6. The van der Waals surface area contributed by atoms with Crippen molar-refractivity contribution in [1.82, 2.24) is 5.32 Å². The number of rotatable bonds is 5. The van der Waals surface area contributed by atoms with Gasteiger partial charge in [-0.1, -0.05) is 0 Å². The maximum Gasteiger partial charge on any atom is 0.321 e. The van der Waals surface area contributed by atoms with Crippen LogP contribution in [0.5, 0.6) is 0 Å². The molecule has 0 heterocycles. The molecule has 3 N–H and O–H groups in total. The van der Waals surface area contributed by atoms with E-state index in [1.807, 2.05) is 0 Å². The maximum absolute atomic E-state index is 10.6. The van der Waals surface area contributed by atoms with E-state index in [0.29, 0.717) is 0 Å². The smallest absolute Gasteiger partial charge is 0.321 e. The second kappa shape index (κ2) is 4.48. The van der Waals surface area contributed by atoms with Gasteiger partial charge < -0.3 is 10.2 Å². The highest BCUT2D eigenvalue weighted by Gasteiger charge is 2.25. The second-order valence-corrected chi connectivity index (χ2v) is 4.31. The van der Waals surface area contributed by atoms with Crippen LogP contribution in [0.4, 0.5) is 0 Å². The average molecular weight is 207 g/mol. The number of aliphatic carboxylic acids is 2. The summed E-state index contributed by atoms with van der Waals surface area (Å²) in [5, 5.41) is 19.6. The Balaban J connectivity index is 4.27. The molecule has 76 valence electrons. The number of hydrogen-bond donors (Lipinski definition) is 4. The summed E-state index contributed by atoms with van der Waals surface area (Å²) < 4.78 is 0. The molecule has 0 fully saturated rings. The molecule has 0 amide bonds. The van der Waals surface area contributed by atoms with E-state index < -0.39 is 29.3 Å². The lowest BCUT2D eigenvalue weighted by Crippen LogP contribution is -2.47. The van der Waals surface area contributed by atoms with Gasteiger partial charge in [-0.2, -0.15) is 12.6 Å². The minimum absolute atomic E-state index is 0.459. The number of nitrogens with one attached hydrogen (secondary N) is 1. The molecule has 0 saturated heterocycles. The van der Waals surface area contributed by atoms with E-state index in [1.54, 1.807) is 13.8 Å². The Morgan fingerprint density at radius 2 is 1.92 bits per heavy atom. The van der Waals surface area contributed by atoms with Crippen LogP contribution in [0, 0.1) is 0 Å². The van der Waals surface area contributed by atoms with Gasteiger partial charge in [-0.25, -0.2) is 0 Å². The summed E-state index contributed by atoms with van der Waals surface area (Å²) in [6, 6.07) is -1.11. The van der Waals surface area contributed by atoms with Crippen LogP contribution in [-0.2, 0) is 9.59 Å². The van der Waals surface area contributed by atoms with Crippen molar-refractivity contribution in [2.45, 2.75) is 31.2 Å². The van der Waals surface area contributed by atoms with Crippen molar-refractivity contribution in [3.8, 4) is 0 Å². The first kappa shape index (κ1) is 12.2. The summed E-state index contributed by atoms with van der Waals surface area (Å²) in [5.41, 5.74) is 0. The van der Waals surface area contributed by atoms with E-state index in [0.717, 1.165) is 0 Å². The summed E-state index contributed by atoms with van der Waals surface area (Å²) in [7, 11) is 0. The van der Waals surface area contributed by atoms with Crippen molar-refractivity contribution in [3.63, 3.8) is 0 Å². The van der Waals surface area contributed by atoms with Crippen molar-refractivity contribution in [3.05, 3.63) is 0 Å². The molecule has 0 rings (SSSR count). The molecule has 0 saturated carbocycles. The van der Waals surface area contributed by atoms with Crippen molar-refractivity contribution >= 4 is 24.6 Å². The summed E-state index contributed by atoms with van der Waals surface area (Å²) in [6.45, 7) is 3.29. The zero-order chi connectivity index (χ0) is 10.6. The third kappa shape index (κ3) is 6.41. The molecule has 1 atom stereocenters. The van der Waals surface area contributed by atoms with Gasteiger partial charge in [0.15, 0.2) is 0 Å². The normalized spacial score (nSPS) is 13.8. The van der Waals surface area contributed by atoms with Crippen LogP contribution < -0.4 is 5.32 Å². The highest BCUT2D eigenvalue weighted by Crippen LogP contribution is 2.09. The lowest BCUT2D eigenvalue weighted by Gasteiger charge is -2.23. The van der Waals surface area contributed by atoms with Crippen LogP contribution in [0.1, 0.15) is 20.3 Å². The molecule has 0 aliphatic rings. The van der Waals surface area contributed by atoms with E-state index >= 15 is 0 Å². The molecular formula is C7H13NO4S. The SMILES string of the molecule is CC(C)(S)N[C@@H](CC(=O)O)C(=O)O. The Labute approximate surface area is 81.5 Å². The van der Waals surface area contributed by atoms with Gasteiger partial charge in [0.1, 0.15) is 6.04 Å². The zero-order valence-electron chi connectivity index (χ0n) is 7.44. The Morgan fingerprint density at radius 3 is 2.15 bits per heavy atom. The van der Waals surface area contributed by atoms with Crippen molar-refractivity contribution < 1.29 is 19.8 Å². The van der Waals surface area contributed by atoms with Gasteiger partial charge in [0.25, 0.3) is 0 Å². The first-order valence-electron chi connectivity index (χ1n) is 3.67. The summed E-state index contributed by atoms with van der Waals surface area (Å²) >= 11 is 4.04. The van der Waals surface area contributed by atoms with E-state index in [4.69, 9.17) is 10.2 Å². The van der Waals surface area contributed by atoms with Crippen molar-refractivity contribution in [2.75, 3.05) is 0 Å². The largest absolute Gasteiger partial charge is 0.481 e. The van der Waals surface area contributed by atoms with E-state index in [-0.39, 0.29) is 0 Å². The van der Waals surface area contributed by atoms with Gasteiger partial charge in [0.05, 0.1) is 11.3 Å². The lowest BCUT2D eigenvalue weighted by molar-refractivity contribution is -0.146. The second-order valence-electron chi connectivity index (χ2n) is 3.19. The fourth-order valence-electron chi connectivity index (χ4n) is 0.801. The van der Waals surface area contributed by atoms with E-state index in [2.05, 4.69) is 17.9 Å². The minimum Gasteiger partial charge on any atom is -0.481 e. The third-order valence-electron chi connectivity index (χ3n) is 1.20. The van der Waals surface area contributed by atoms with Gasteiger partial charge in [-0.05, 0) is 13.8 Å². The molecule has 5 nitrogen and oxygen atoms in total. The number of hydrogen-bond acceptors (Lipinski definition) is 4. The molecule has 0 radical (unpaired) electrons. The molecule has 0 aromatic rings. The summed E-state index contributed by atoms with van der Waals surface area (Å²) in [6.07, 6.45) is -0.459. The molecule has 0 aliphatic carbocycles. The van der Waals surface area contributed by atoms with Crippen LogP contribution in [-0.4, -0.2) is 33.1 Å². The Morgan fingerprint density at radius 1 is 1.46 bits per heavy atom. The molecule has 0 spiro atoms. The fourth-order valence-corrected chi connectivity index (χ4v) is 0.957. The predicted molar refractivity (Wildman–Crippen MR) is 49.9 cm³/mol.